The van der Waals surface area contributed by atoms with Gasteiger partial charge in [-0.3, -0.25) is 9.69 Å². The highest BCUT2D eigenvalue weighted by molar-refractivity contribution is 5.83. The number of hydrogen-bond donors (Lipinski definition) is 0. The molecular weight excluding hydrogens is 355 g/mol. The van der Waals surface area contributed by atoms with Crippen LogP contribution in [0.25, 0.3) is 0 Å². The summed E-state index contributed by atoms with van der Waals surface area (Å²) in [4.78, 5) is 15.3. The van der Waals surface area contributed by atoms with Crippen LogP contribution in [0.2, 0.25) is 0 Å². The summed E-state index contributed by atoms with van der Waals surface area (Å²) in [6.07, 6.45) is 1.58. The first kappa shape index (κ1) is 18.8. The van der Waals surface area contributed by atoms with Crippen LogP contribution in [0.1, 0.15) is 29.5 Å². The zero-order chi connectivity index (χ0) is 19.5. The normalized spacial score (nSPS) is 24.5. The van der Waals surface area contributed by atoms with Crippen LogP contribution in [0.4, 0.5) is 4.39 Å². The van der Waals surface area contributed by atoms with Gasteiger partial charge in [0.25, 0.3) is 0 Å². The van der Waals surface area contributed by atoms with Crippen molar-refractivity contribution < 1.29 is 13.9 Å². The molecule has 4 nitrogen and oxygen atoms in total. The minimum absolute atomic E-state index is 0.0685. The molecule has 0 saturated carbocycles. The van der Waals surface area contributed by atoms with Crippen molar-refractivity contribution in [2.24, 2.45) is 5.92 Å². The molecule has 2 aromatic carbocycles. The van der Waals surface area contributed by atoms with E-state index in [9.17, 15) is 9.18 Å². The largest absolute Gasteiger partial charge is 0.378 e. The van der Waals surface area contributed by atoms with Crippen molar-refractivity contribution in [2.75, 3.05) is 13.2 Å². The Hall–Kier alpha value is -2.55. The monoisotopic (exact) mass is 378 g/mol. The summed E-state index contributed by atoms with van der Waals surface area (Å²) in [5.74, 6) is -0.460. The molecule has 2 heterocycles. The number of hydrogen-bond acceptors (Lipinski definition) is 4. The first-order chi connectivity index (χ1) is 13.6. The number of fused-ring (bicyclic) bond motifs is 2. The molecule has 144 valence electrons. The van der Waals surface area contributed by atoms with E-state index >= 15 is 0 Å². The molecule has 4 rings (SSSR count). The molecule has 0 aromatic heterocycles. The van der Waals surface area contributed by atoms with Crippen LogP contribution in [0.5, 0.6) is 0 Å². The maximum absolute atomic E-state index is 14.2. The summed E-state index contributed by atoms with van der Waals surface area (Å²) in [6.45, 7) is 2.14. The Morgan fingerprint density at radius 1 is 1.14 bits per heavy atom. The molecule has 0 radical (unpaired) electrons. The van der Waals surface area contributed by atoms with E-state index in [1.807, 2.05) is 24.3 Å². The van der Waals surface area contributed by atoms with E-state index in [2.05, 4.69) is 17.0 Å². The van der Waals surface area contributed by atoms with Crippen LogP contribution in [-0.4, -0.2) is 36.0 Å². The van der Waals surface area contributed by atoms with Crippen molar-refractivity contribution >= 4 is 5.78 Å². The van der Waals surface area contributed by atoms with Gasteiger partial charge in [0.05, 0.1) is 24.8 Å². The molecule has 2 aliphatic rings. The van der Waals surface area contributed by atoms with Gasteiger partial charge in [0, 0.05) is 31.0 Å². The van der Waals surface area contributed by atoms with Gasteiger partial charge >= 0.3 is 0 Å². The van der Waals surface area contributed by atoms with Crippen molar-refractivity contribution in [3.05, 3.63) is 71.0 Å². The van der Waals surface area contributed by atoms with Gasteiger partial charge in [0.15, 0.2) is 0 Å². The fraction of sp³-hybridized carbons (Fsp3) is 0.391. The molecule has 0 N–H and O–H groups in total. The Labute approximate surface area is 164 Å². The van der Waals surface area contributed by atoms with E-state index < -0.39 is 5.82 Å². The number of nitrogens with zero attached hydrogens (tertiary/aromatic N) is 2. The molecule has 2 aliphatic heterocycles. The molecule has 0 aliphatic carbocycles. The highest BCUT2D eigenvalue weighted by Crippen LogP contribution is 2.34. The van der Waals surface area contributed by atoms with Crippen LogP contribution in [-0.2, 0) is 22.5 Å². The number of benzene rings is 2. The van der Waals surface area contributed by atoms with E-state index in [0.717, 1.165) is 19.4 Å². The van der Waals surface area contributed by atoms with Crippen LogP contribution in [0.3, 0.4) is 0 Å². The molecular formula is C23H23FN2O2. The van der Waals surface area contributed by atoms with Crippen molar-refractivity contribution in [3.63, 3.8) is 0 Å². The topological polar surface area (TPSA) is 53.3 Å². The quantitative estimate of drug-likeness (QED) is 0.799. The van der Waals surface area contributed by atoms with Crippen LogP contribution < -0.4 is 0 Å². The molecule has 28 heavy (non-hydrogen) atoms. The Balaban J connectivity index is 1.43. The van der Waals surface area contributed by atoms with Crippen LogP contribution >= 0.6 is 0 Å². The minimum Gasteiger partial charge on any atom is -0.378 e. The van der Waals surface area contributed by atoms with E-state index in [0.29, 0.717) is 18.8 Å². The van der Waals surface area contributed by atoms with Gasteiger partial charge in [0.2, 0.25) is 0 Å². The summed E-state index contributed by atoms with van der Waals surface area (Å²) >= 11 is 0. The van der Waals surface area contributed by atoms with Gasteiger partial charge in [0.1, 0.15) is 11.6 Å². The third-order valence-corrected chi connectivity index (χ3v) is 5.88. The molecule has 0 spiro atoms. The fourth-order valence-corrected chi connectivity index (χ4v) is 4.40. The fourth-order valence-electron chi connectivity index (χ4n) is 4.40. The second kappa shape index (κ2) is 8.22. The number of piperidine rings is 1. The molecule has 2 saturated heterocycles. The maximum atomic E-state index is 14.2. The number of nitriles is 1. The lowest BCUT2D eigenvalue weighted by molar-refractivity contribution is -0.133. The number of ketones is 1. The van der Waals surface area contributed by atoms with Gasteiger partial charge in [-0.1, -0.05) is 36.4 Å². The average Bonchev–Trinajstić information content (AvgIpc) is 2.70. The number of ether oxygens (including phenoxy) is 1. The predicted octanol–water partition coefficient (Wildman–Crippen LogP) is 3.49. The van der Waals surface area contributed by atoms with E-state index in [4.69, 9.17) is 10.00 Å². The van der Waals surface area contributed by atoms with Crippen molar-refractivity contribution in [2.45, 2.75) is 37.9 Å². The molecule has 2 unspecified atom stereocenters. The Bertz CT molecular complexity index is 879. The number of Topliss-reactive ketones (excluding diaryl/α,β-unsaturated/α-hetero) is 1. The summed E-state index contributed by atoms with van der Waals surface area (Å²) in [7, 11) is 0. The van der Waals surface area contributed by atoms with Gasteiger partial charge in [-0.15, -0.1) is 0 Å². The lowest BCUT2D eigenvalue weighted by atomic mass is 9.80. The number of rotatable bonds is 5. The lowest BCUT2D eigenvalue weighted by Crippen LogP contribution is -2.57. The number of morpholine rings is 1. The number of carbonyl (C=O) groups is 1. The zero-order valence-corrected chi connectivity index (χ0v) is 15.7. The number of halogens is 1. The zero-order valence-electron chi connectivity index (χ0n) is 15.7. The predicted molar refractivity (Wildman–Crippen MR) is 103 cm³/mol. The average molecular weight is 378 g/mol. The first-order valence-corrected chi connectivity index (χ1v) is 9.72. The summed E-state index contributed by atoms with van der Waals surface area (Å²) in [6, 6.07) is 17.0. The van der Waals surface area contributed by atoms with Crippen molar-refractivity contribution in [1.29, 1.82) is 5.26 Å². The van der Waals surface area contributed by atoms with Crippen molar-refractivity contribution in [1.82, 2.24) is 4.90 Å². The van der Waals surface area contributed by atoms with Gasteiger partial charge in [-0.05, 0) is 36.1 Å². The van der Waals surface area contributed by atoms with Crippen LogP contribution in [0.15, 0.2) is 48.5 Å². The van der Waals surface area contributed by atoms with E-state index in [1.54, 1.807) is 12.1 Å². The second-order valence-electron chi connectivity index (χ2n) is 7.73. The van der Waals surface area contributed by atoms with Gasteiger partial charge in [-0.2, -0.15) is 5.26 Å². The third-order valence-electron chi connectivity index (χ3n) is 5.88. The smallest absolute Gasteiger partial charge is 0.140 e. The maximum Gasteiger partial charge on any atom is 0.140 e. The number of carbonyl (C=O) groups excluding carboxylic acids is 1. The van der Waals surface area contributed by atoms with Gasteiger partial charge in [-0.25, -0.2) is 4.39 Å². The molecule has 2 bridgehead atoms. The first-order valence-electron chi connectivity index (χ1n) is 9.72. The minimum atomic E-state index is -0.475. The Morgan fingerprint density at radius 2 is 1.86 bits per heavy atom. The summed E-state index contributed by atoms with van der Waals surface area (Å²) in [5, 5.41) is 8.86. The van der Waals surface area contributed by atoms with E-state index in [1.165, 1.54) is 11.6 Å². The Morgan fingerprint density at radius 3 is 2.50 bits per heavy atom. The third kappa shape index (κ3) is 3.99. The second-order valence-corrected chi connectivity index (χ2v) is 7.73. The molecule has 2 atom stereocenters. The Kier molecular flexibility index (Phi) is 5.52. The molecule has 5 heteroatoms. The SMILES string of the molecule is N#Cc1ccc(CC(=O)C2CC3COCC(C2)N3Cc2ccccc2)c(F)c1. The summed E-state index contributed by atoms with van der Waals surface area (Å²) < 4.78 is 19.9. The molecule has 0 amide bonds. The lowest BCUT2D eigenvalue weighted by Gasteiger charge is -2.48. The van der Waals surface area contributed by atoms with Crippen molar-refractivity contribution in [3.8, 4) is 6.07 Å². The van der Waals surface area contributed by atoms with E-state index in [-0.39, 0.29) is 35.8 Å². The van der Waals surface area contributed by atoms with Crippen LogP contribution in [0, 0.1) is 23.1 Å². The molecule has 2 aromatic rings. The highest BCUT2D eigenvalue weighted by Gasteiger charge is 2.41. The standard InChI is InChI=1S/C23H23FN2O2/c24-22-8-17(12-25)6-7-18(22)11-23(27)19-9-20-14-28-15-21(10-19)26(20)13-16-4-2-1-3-5-16/h1-8,19-21H,9-11,13-15H2. The highest BCUT2D eigenvalue weighted by atomic mass is 19.1. The molecule has 2 fully saturated rings. The summed E-state index contributed by atoms with van der Waals surface area (Å²) in [5.41, 5.74) is 1.91. The van der Waals surface area contributed by atoms with Gasteiger partial charge < -0.3 is 4.74 Å².